The molecule has 0 bridgehead atoms. The second kappa shape index (κ2) is 8.02. The molecule has 1 aromatic carbocycles. The van der Waals surface area contributed by atoms with Crippen LogP contribution in [0.3, 0.4) is 0 Å². The Balaban J connectivity index is 0.000000262. The van der Waals surface area contributed by atoms with Gasteiger partial charge in [0, 0.05) is 6.92 Å². The van der Waals surface area contributed by atoms with Crippen LogP contribution >= 0.6 is 0 Å². The highest BCUT2D eigenvalue weighted by molar-refractivity contribution is 6.41. The largest absolute Gasteiger partial charge is 0.472 e. The van der Waals surface area contributed by atoms with Crippen molar-refractivity contribution < 1.29 is 14.8 Å². The summed E-state index contributed by atoms with van der Waals surface area (Å²) in [6.45, 7) is 3.39. The molecule has 0 atom stereocenters. The molecule has 1 aromatic rings. The highest BCUT2D eigenvalue weighted by Gasteiger charge is 2.04. The van der Waals surface area contributed by atoms with Crippen molar-refractivity contribution in [2.45, 2.75) is 13.8 Å². The van der Waals surface area contributed by atoms with Crippen molar-refractivity contribution in [2.24, 2.45) is 0 Å². The highest BCUT2D eigenvalue weighted by atomic mass is 16.4. The molecule has 0 fully saturated rings. The molecule has 0 aliphatic rings. The zero-order chi connectivity index (χ0) is 11.7. The molecule has 5 heteroatoms. The lowest BCUT2D eigenvalue weighted by Crippen LogP contribution is -2.33. The third-order valence-corrected chi connectivity index (χ3v) is 1.47. The maximum atomic E-state index is 10.0. The monoisotopic (exact) mass is 209 g/mol. The summed E-state index contributed by atoms with van der Waals surface area (Å²) in [5.41, 5.74) is 1.32. The molecule has 0 unspecified atom stereocenters. The molecule has 1 amide bonds. The molecule has 1 rings (SSSR count). The lowest BCUT2D eigenvalue weighted by atomic mass is 9.93. The van der Waals surface area contributed by atoms with E-state index in [0.717, 1.165) is 0 Å². The molecule has 0 aromatic heterocycles. The minimum Gasteiger partial charge on any atom is -0.426 e. The highest BCUT2D eigenvalue weighted by Crippen LogP contribution is 1.92. The fourth-order valence-corrected chi connectivity index (χ4v) is 0.769. The third-order valence-electron chi connectivity index (χ3n) is 1.47. The van der Waals surface area contributed by atoms with Crippen LogP contribution in [0.1, 0.15) is 12.5 Å². The molecule has 0 aliphatic carbocycles. The van der Waals surface area contributed by atoms with Crippen LogP contribution in [0.5, 0.6) is 0 Å². The zero-order valence-electron chi connectivity index (χ0n) is 8.97. The number of carbonyl (C=O) groups is 1. The van der Waals surface area contributed by atoms with E-state index < -0.39 is 7.12 Å². The second-order valence-electron chi connectivity index (χ2n) is 3.07. The van der Waals surface area contributed by atoms with Gasteiger partial charge >= 0.3 is 7.12 Å². The fraction of sp³-hybridized carbons (Fsp3) is 0.300. The van der Waals surface area contributed by atoms with Gasteiger partial charge in [-0.25, -0.2) is 0 Å². The van der Waals surface area contributed by atoms with Crippen LogP contribution in [0.2, 0.25) is 0 Å². The van der Waals surface area contributed by atoms with Crippen molar-refractivity contribution in [3.63, 3.8) is 0 Å². The van der Waals surface area contributed by atoms with E-state index >= 15 is 0 Å². The molecule has 0 spiro atoms. The molecular formula is C10H16BNO3. The summed E-state index contributed by atoms with van der Waals surface area (Å²) in [5, 5.41) is 18.5. The molecule has 4 nitrogen and oxygen atoms in total. The van der Waals surface area contributed by atoms with Gasteiger partial charge in [0.1, 0.15) is 0 Å². The van der Waals surface area contributed by atoms with E-state index in [9.17, 15) is 4.79 Å². The molecule has 0 radical (unpaired) electrons. The predicted molar refractivity (Wildman–Crippen MR) is 60.1 cm³/mol. The summed E-state index contributed by atoms with van der Waals surface area (Å²) in [4.78, 5) is 10.0. The Morgan fingerprint density at radius 2 is 1.87 bits per heavy atom. The molecule has 3 N–H and O–H groups in total. The Morgan fingerprint density at radius 1 is 1.33 bits per heavy atom. The van der Waals surface area contributed by atoms with Gasteiger partial charge in [0.2, 0.25) is 5.91 Å². The summed E-state index contributed by atoms with van der Waals surface area (Å²) in [6.07, 6.45) is -0.102. The topological polar surface area (TPSA) is 69.6 Å². The Morgan fingerprint density at radius 3 is 2.07 bits per heavy atom. The number of rotatable bonds is 2. The van der Waals surface area contributed by atoms with Gasteiger partial charge < -0.3 is 15.4 Å². The predicted octanol–water partition coefficient (Wildman–Crippen LogP) is 0.130. The average molecular weight is 209 g/mol. The van der Waals surface area contributed by atoms with Gasteiger partial charge in [0.15, 0.2) is 0 Å². The standard InChI is InChI=1S/C7H8.C3H8BNO3/c1-7-5-3-2-4-6-7;1-3(6)5-2-4(7)8/h2-6H,1H3;7-8H,2H2,1H3,(H,5,6). The number of carbonyl (C=O) groups excluding carboxylic acids is 1. The van der Waals surface area contributed by atoms with Crippen LogP contribution < -0.4 is 5.32 Å². The van der Waals surface area contributed by atoms with Gasteiger partial charge in [-0.15, -0.1) is 0 Å². The summed E-state index contributed by atoms with van der Waals surface area (Å²) < 4.78 is 0. The molecular weight excluding hydrogens is 193 g/mol. The lowest BCUT2D eigenvalue weighted by Gasteiger charge is -1.96. The third kappa shape index (κ3) is 10.6. The van der Waals surface area contributed by atoms with Gasteiger partial charge in [-0.1, -0.05) is 35.9 Å². The van der Waals surface area contributed by atoms with E-state index in [4.69, 9.17) is 10.0 Å². The van der Waals surface area contributed by atoms with Crippen molar-refractivity contribution in [2.75, 3.05) is 6.44 Å². The average Bonchev–Trinajstić information content (AvgIpc) is 2.17. The van der Waals surface area contributed by atoms with E-state index in [1.807, 2.05) is 18.2 Å². The van der Waals surface area contributed by atoms with E-state index in [-0.39, 0.29) is 12.4 Å². The molecule has 82 valence electrons. The fourth-order valence-electron chi connectivity index (χ4n) is 0.769. The molecule has 0 aliphatic heterocycles. The maximum absolute atomic E-state index is 10.0. The van der Waals surface area contributed by atoms with Crippen molar-refractivity contribution in [3.05, 3.63) is 35.9 Å². The minimum atomic E-state index is -1.45. The first kappa shape index (κ1) is 13.7. The maximum Gasteiger partial charge on any atom is 0.472 e. The SMILES string of the molecule is CC(=O)NCB(O)O.Cc1ccccc1. The smallest absolute Gasteiger partial charge is 0.426 e. The number of hydrogen-bond donors (Lipinski definition) is 3. The summed E-state index contributed by atoms with van der Waals surface area (Å²) >= 11 is 0. The second-order valence-corrected chi connectivity index (χ2v) is 3.07. The first-order valence-electron chi connectivity index (χ1n) is 4.64. The Kier molecular flexibility index (Phi) is 7.31. The van der Waals surface area contributed by atoms with Crippen molar-refractivity contribution in [1.82, 2.24) is 5.32 Å². The van der Waals surface area contributed by atoms with Crippen LogP contribution in [0.15, 0.2) is 30.3 Å². The molecule has 0 heterocycles. The van der Waals surface area contributed by atoms with Crippen LogP contribution in [0.4, 0.5) is 0 Å². The van der Waals surface area contributed by atoms with Crippen LogP contribution in [0.25, 0.3) is 0 Å². The molecule has 0 saturated carbocycles. The number of amides is 1. The Bertz CT molecular complexity index is 277. The quantitative estimate of drug-likeness (QED) is 0.606. The van der Waals surface area contributed by atoms with Gasteiger partial charge in [-0.3, -0.25) is 4.79 Å². The van der Waals surface area contributed by atoms with E-state index in [1.165, 1.54) is 12.5 Å². The van der Waals surface area contributed by atoms with Gasteiger partial charge in [-0.05, 0) is 6.92 Å². The van der Waals surface area contributed by atoms with Gasteiger partial charge in [0.05, 0.1) is 6.44 Å². The van der Waals surface area contributed by atoms with Gasteiger partial charge in [-0.2, -0.15) is 0 Å². The molecule has 15 heavy (non-hydrogen) atoms. The van der Waals surface area contributed by atoms with Crippen molar-refractivity contribution in [1.29, 1.82) is 0 Å². The number of hydrogen-bond acceptors (Lipinski definition) is 3. The van der Waals surface area contributed by atoms with Gasteiger partial charge in [0.25, 0.3) is 0 Å². The summed E-state index contributed by atoms with van der Waals surface area (Å²) in [5.74, 6) is -0.266. The minimum absolute atomic E-state index is 0.102. The van der Waals surface area contributed by atoms with E-state index in [0.29, 0.717) is 0 Å². The van der Waals surface area contributed by atoms with Crippen LogP contribution in [0, 0.1) is 6.92 Å². The van der Waals surface area contributed by atoms with Crippen molar-refractivity contribution in [3.8, 4) is 0 Å². The first-order valence-corrected chi connectivity index (χ1v) is 4.64. The van der Waals surface area contributed by atoms with Crippen molar-refractivity contribution >= 4 is 13.0 Å². The number of benzene rings is 1. The number of nitrogens with one attached hydrogen (secondary N) is 1. The first-order chi connectivity index (χ1) is 7.02. The van der Waals surface area contributed by atoms with Crippen LogP contribution in [-0.2, 0) is 4.79 Å². The Labute approximate surface area is 90.1 Å². The normalized spacial score (nSPS) is 8.53. The Hall–Kier alpha value is -1.33. The van der Waals surface area contributed by atoms with Crippen LogP contribution in [-0.4, -0.2) is 29.5 Å². The van der Waals surface area contributed by atoms with E-state index in [1.54, 1.807) is 0 Å². The molecule has 0 saturated heterocycles. The number of aryl methyl sites for hydroxylation is 1. The lowest BCUT2D eigenvalue weighted by molar-refractivity contribution is -0.118. The summed E-state index contributed by atoms with van der Waals surface area (Å²) in [6, 6.07) is 10.3. The zero-order valence-corrected chi connectivity index (χ0v) is 8.97. The summed E-state index contributed by atoms with van der Waals surface area (Å²) in [7, 11) is -1.45. The van der Waals surface area contributed by atoms with E-state index in [2.05, 4.69) is 24.4 Å².